The molecule has 0 bridgehead atoms. The van der Waals surface area contributed by atoms with Crippen molar-refractivity contribution in [3.63, 3.8) is 0 Å². The summed E-state index contributed by atoms with van der Waals surface area (Å²) in [6.07, 6.45) is 4.99. The molecule has 90 valence electrons. The smallest absolute Gasteiger partial charge is 0.278 e. The van der Waals surface area contributed by atoms with E-state index in [1.165, 1.54) is 6.08 Å². The van der Waals surface area contributed by atoms with E-state index in [0.717, 1.165) is 29.1 Å². The van der Waals surface area contributed by atoms with Crippen LogP contribution in [-0.4, -0.2) is 41.7 Å². The summed E-state index contributed by atoms with van der Waals surface area (Å²) in [4.78, 5) is 34.9. The average molecular weight is 226 g/mol. The molecule has 5 nitrogen and oxygen atoms in total. The van der Waals surface area contributed by atoms with E-state index in [-0.39, 0.29) is 6.54 Å². The monoisotopic (exact) mass is 226 g/mol. The molecule has 0 aliphatic carbocycles. The summed E-state index contributed by atoms with van der Waals surface area (Å²) in [5, 5.41) is 0. The van der Waals surface area contributed by atoms with Crippen molar-refractivity contribution in [1.29, 1.82) is 0 Å². The predicted octanol–water partition coefficient (Wildman–Crippen LogP) is 1.40. The van der Waals surface area contributed by atoms with Crippen LogP contribution in [0, 0.1) is 0 Å². The fourth-order valence-corrected chi connectivity index (χ4v) is 1.20. The number of hydrogen-bond acceptors (Lipinski definition) is 3. The molecule has 0 saturated carbocycles. The molecule has 0 radical (unpaired) electrons. The Morgan fingerprint density at radius 2 is 1.81 bits per heavy atom. The van der Waals surface area contributed by atoms with Crippen molar-refractivity contribution in [2.75, 3.05) is 13.1 Å². The van der Waals surface area contributed by atoms with Gasteiger partial charge in [-0.2, -0.15) is 0 Å². The predicted molar refractivity (Wildman–Crippen MR) is 60.7 cm³/mol. The van der Waals surface area contributed by atoms with E-state index < -0.39 is 6.03 Å². The van der Waals surface area contributed by atoms with Crippen molar-refractivity contribution in [3.05, 3.63) is 12.7 Å². The van der Waals surface area contributed by atoms with Gasteiger partial charge in [-0.3, -0.25) is 19.4 Å². The van der Waals surface area contributed by atoms with Gasteiger partial charge >= 0.3 is 6.03 Å². The standard InChI is InChI=1S/C11H18N2O3/c1-3-5-6-8-13(10-15)11(16)12(9-14)7-4-2/h4,9-10H,2-3,5-8H2,1H3. The first kappa shape index (κ1) is 14.3. The van der Waals surface area contributed by atoms with Crippen molar-refractivity contribution in [2.24, 2.45) is 0 Å². The molecule has 0 aromatic heterocycles. The molecular formula is C11H18N2O3. The molecule has 0 heterocycles. The molecule has 0 saturated heterocycles. The van der Waals surface area contributed by atoms with Gasteiger partial charge in [-0.15, -0.1) is 6.58 Å². The second kappa shape index (κ2) is 8.64. The van der Waals surface area contributed by atoms with Gasteiger partial charge in [0.25, 0.3) is 0 Å². The van der Waals surface area contributed by atoms with Gasteiger partial charge < -0.3 is 0 Å². The highest BCUT2D eigenvalue weighted by Gasteiger charge is 2.18. The molecule has 0 aromatic rings. The van der Waals surface area contributed by atoms with E-state index in [9.17, 15) is 14.4 Å². The van der Waals surface area contributed by atoms with Gasteiger partial charge in [0.2, 0.25) is 12.8 Å². The Labute approximate surface area is 95.7 Å². The van der Waals surface area contributed by atoms with Gasteiger partial charge in [-0.1, -0.05) is 25.8 Å². The summed E-state index contributed by atoms with van der Waals surface area (Å²) in [7, 11) is 0. The number of hydrogen-bond donors (Lipinski definition) is 0. The minimum Gasteiger partial charge on any atom is -0.278 e. The number of nitrogens with zero attached hydrogens (tertiary/aromatic N) is 2. The minimum atomic E-state index is -0.596. The van der Waals surface area contributed by atoms with Crippen LogP contribution in [0.1, 0.15) is 26.2 Å². The van der Waals surface area contributed by atoms with Gasteiger partial charge in [0.15, 0.2) is 0 Å². The van der Waals surface area contributed by atoms with E-state index in [1.807, 2.05) is 6.92 Å². The molecular weight excluding hydrogens is 208 g/mol. The molecule has 4 amide bonds. The summed E-state index contributed by atoms with van der Waals surface area (Å²) >= 11 is 0. The van der Waals surface area contributed by atoms with Crippen LogP contribution < -0.4 is 0 Å². The van der Waals surface area contributed by atoms with Crippen molar-refractivity contribution >= 4 is 18.9 Å². The largest absolute Gasteiger partial charge is 0.333 e. The third-order valence-electron chi connectivity index (χ3n) is 2.07. The van der Waals surface area contributed by atoms with E-state index in [4.69, 9.17) is 0 Å². The van der Waals surface area contributed by atoms with Crippen LogP contribution in [0.4, 0.5) is 4.79 Å². The number of unbranched alkanes of at least 4 members (excludes halogenated alkanes) is 2. The van der Waals surface area contributed by atoms with Crippen LogP contribution in [0.2, 0.25) is 0 Å². The molecule has 0 N–H and O–H groups in total. The first-order valence-corrected chi connectivity index (χ1v) is 5.30. The summed E-state index contributed by atoms with van der Waals surface area (Å²) in [5.41, 5.74) is 0. The molecule has 0 aromatic carbocycles. The maximum Gasteiger partial charge on any atom is 0.333 e. The van der Waals surface area contributed by atoms with Crippen molar-refractivity contribution in [1.82, 2.24) is 9.80 Å². The highest BCUT2D eigenvalue weighted by atomic mass is 16.2. The van der Waals surface area contributed by atoms with Crippen LogP contribution in [-0.2, 0) is 9.59 Å². The van der Waals surface area contributed by atoms with Crippen LogP contribution in [0.5, 0.6) is 0 Å². The third-order valence-corrected chi connectivity index (χ3v) is 2.07. The number of carbonyl (C=O) groups excluding carboxylic acids is 3. The molecule has 5 heteroatoms. The maximum atomic E-state index is 11.6. The molecule has 16 heavy (non-hydrogen) atoms. The number of carbonyl (C=O) groups is 3. The first-order chi connectivity index (χ1) is 7.71. The number of rotatable bonds is 8. The number of amides is 4. The summed E-state index contributed by atoms with van der Waals surface area (Å²) in [6, 6.07) is -0.596. The fraction of sp³-hybridized carbons (Fsp3) is 0.545. The SMILES string of the molecule is C=CCN(C=O)C(=O)N(C=O)CCCCC. The molecule has 0 unspecified atom stereocenters. The molecule has 0 spiro atoms. The van der Waals surface area contributed by atoms with Crippen molar-refractivity contribution in [3.8, 4) is 0 Å². The Morgan fingerprint density at radius 1 is 1.19 bits per heavy atom. The topological polar surface area (TPSA) is 57.7 Å². The van der Waals surface area contributed by atoms with E-state index >= 15 is 0 Å². The Balaban J connectivity index is 4.31. The van der Waals surface area contributed by atoms with Gasteiger partial charge in [-0.05, 0) is 6.42 Å². The van der Waals surface area contributed by atoms with E-state index in [1.54, 1.807) is 0 Å². The lowest BCUT2D eigenvalue weighted by molar-refractivity contribution is -0.118. The maximum absolute atomic E-state index is 11.6. The Bertz CT molecular complexity index is 254. The van der Waals surface area contributed by atoms with E-state index in [0.29, 0.717) is 19.4 Å². The minimum absolute atomic E-state index is 0.112. The fourth-order valence-electron chi connectivity index (χ4n) is 1.20. The van der Waals surface area contributed by atoms with Gasteiger partial charge in [0, 0.05) is 13.1 Å². The summed E-state index contributed by atoms with van der Waals surface area (Å²) < 4.78 is 0. The quantitative estimate of drug-likeness (QED) is 0.357. The zero-order valence-electron chi connectivity index (χ0n) is 9.59. The zero-order valence-corrected chi connectivity index (χ0v) is 9.59. The lowest BCUT2D eigenvalue weighted by Crippen LogP contribution is -2.42. The van der Waals surface area contributed by atoms with Crippen molar-refractivity contribution < 1.29 is 14.4 Å². The number of urea groups is 1. The first-order valence-electron chi connectivity index (χ1n) is 5.30. The Morgan fingerprint density at radius 3 is 2.25 bits per heavy atom. The molecule has 0 aliphatic rings. The number of imide groups is 2. The molecule has 0 fully saturated rings. The molecule has 0 atom stereocenters. The summed E-state index contributed by atoms with van der Waals surface area (Å²) in [5.74, 6) is 0. The lowest BCUT2D eigenvalue weighted by Gasteiger charge is -2.21. The Hall–Kier alpha value is -1.65. The van der Waals surface area contributed by atoms with Crippen LogP contribution in [0.3, 0.4) is 0 Å². The lowest BCUT2D eigenvalue weighted by atomic mass is 10.2. The summed E-state index contributed by atoms with van der Waals surface area (Å²) in [6.45, 7) is 5.92. The highest BCUT2D eigenvalue weighted by Crippen LogP contribution is 2.00. The average Bonchev–Trinajstić information content (AvgIpc) is 2.31. The molecule has 0 aliphatic heterocycles. The van der Waals surface area contributed by atoms with Crippen LogP contribution >= 0.6 is 0 Å². The Kier molecular flexibility index (Phi) is 7.75. The van der Waals surface area contributed by atoms with Gasteiger partial charge in [0.05, 0.1) is 0 Å². The second-order valence-electron chi connectivity index (χ2n) is 3.33. The van der Waals surface area contributed by atoms with E-state index in [2.05, 4.69) is 6.58 Å². The van der Waals surface area contributed by atoms with Crippen molar-refractivity contribution in [2.45, 2.75) is 26.2 Å². The van der Waals surface area contributed by atoms with Crippen LogP contribution in [0.25, 0.3) is 0 Å². The normalized spacial score (nSPS) is 9.31. The highest BCUT2D eigenvalue weighted by molar-refractivity contribution is 5.91. The zero-order chi connectivity index (χ0) is 12.4. The van der Waals surface area contributed by atoms with Gasteiger partial charge in [0.1, 0.15) is 0 Å². The second-order valence-corrected chi connectivity index (χ2v) is 3.33. The third kappa shape index (κ3) is 4.72. The van der Waals surface area contributed by atoms with Crippen LogP contribution in [0.15, 0.2) is 12.7 Å². The van der Waals surface area contributed by atoms with Gasteiger partial charge in [-0.25, -0.2) is 4.79 Å². The molecule has 0 rings (SSSR count).